The molecule has 160 valence electrons. The van der Waals surface area contributed by atoms with Crippen LogP contribution in [0.5, 0.6) is 0 Å². The fourth-order valence-corrected chi connectivity index (χ4v) is 5.01. The van der Waals surface area contributed by atoms with Gasteiger partial charge in [-0.3, -0.25) is 0 Å². The van der Waals surface area contributed by atoms with Gasteiger partial charge >= 0.3 is 0 Å². The SMILES string of the molecule is Cc1ccc(S(=O)(=O)N/N=C(\c2c(Cl)cccc2Cl)N2CC(F)(F)C3(CC3)C2)cc1. The molecule has 1 aliphatic carbocycles. The van der Waals surface area contributed by atoms with Gasteiger partial charge in [0.15, 0.2) is 5.84 Å². The van der Waals surface area contributed by atoms with Gasteiger partial charge in [-0.05, 0) is 44.0 Å². The molecular formula is C20H19Cl2F2N3O2S. The summed E-state index contributed by atoms with van der Waals surface area (Å²) in [4.78, 5) is 3.52. The van der Waals surface area contributed by atoms with Crippen molar-refractivity contribution in [2.24, 2.45) is 10.5 Å². The quantitative estimate of drug-likeness (QED) is 0.398. The van der Waals surface area contributed by atoms with E-state index in [1.54, 1.807) is 30.3 Å². The molecule has 0 amide bonds. The summed E-state index contributed by atoms with van der Waals surface area (Å²) in [5, 5.41) is 4.41. The van der Waals surface area contributed by atoms with Crippen molar-refractivity contribution >= 4 is 39.1 Å². The summed E-state index contributed by atoms with van der Waals surface area (Å²) in [6.07, 6.45) is 0.824. The minimum Gasteiger partial charge on any atom is -0.348 e. The van der Waals surface area contributed by atoms with Crippen LogP contribution in [0.2, 0.25) is 10.0 Å². The Hall–Kier alpha value is -1.90. The highest BCUT2D eigenvalue weighted by molar-refractivity contribution is 7.89. The average Bonchev–Trinajstić information content (AvgIpc) is 3.40. The van der Waals surface area contributed by atoms with E-state index in [1.807, 2.05) is 6.92 Å². The van der Waals surface area contributed by atoms with Gasteiger partial charge in [0.1, 0.15) is 0 Å². The number of alkyl halides is 2. The van der Waals surface area contributed by atoms with Gasteiger partial charge in [-0.25, -0.2) is 8.78 Å². The van der Waals surface area contributed by atoms with Gasteiger partial charge in [-0.1, -0.05) is 47.0 Å². The molecule has 0 unspecified atom stereocenters. The lowest BCUT2D eigenvalue weighted by Gasteiger charge is -2.22. The highest BCUT2D eigenvalue weighted by atomic mass is 35.5. The van der Waals surface area contributed by atoms with E-state index in [4.69, 9.17) is 23.2 Å². The maximum absolute atomic E-state index is 14.6. The lowest BCUT2D eigenvalue weighted by molar-refractivity contribution is -0.0365. The Morgan fingerprint density at radius 1 is 1.07 bits per heavy atom. The zero-order valence-electron chi connectivity index (χ0n) is 16.0. The molecule has 4 rings (SSSR count). The minimum absolute atomic E-state index is 0.00636. The number of benzene rings is 2. The summed E-state index contributed by atoms with van der Waals surface area (Å²) in [5.41, 5.74) is 0.00750. The zero-order valence-corrected chi connectivity index (χ0v) is 18.3. The zero-order chi connectivity index (χ0) is 21.7. The van der Waals surface area contributed by atoms with Crippen molar-refractivity contribution in [2.75, 3.05) is 13.1 Å². The molecule has 1 N–H and O–H groups in total. The van der Waals surface area contributed by atoms with Crippen LogP contribution < -0.4 is 4.83 Å². The van der Waals surface area contributed by atoms with Crippen LogP contribution in [-0.4, -0.2) is 38.2 Å². The summed E-state index contributed by atoms with van der Waals surface area (Å²) < 4.78 is 54.5. The third-order valence-corrected chi connectivity index (χ3v) is 7.46. The van der Waals surface area contributed by atoms with Crippen LogP contribution in [-0.2, 0) is 10.0 Å². The topological polar surface area (TPSA) is 61.8 Å². The molecular weight excluding hydrogens is 455 g/mol. The van der Waals surface area contributed by atoms with Gasteiger partial charge in [0.25, 0.3) is 15.9 Å². The molecule has 1 heterocycles. The van der Waals surface area contributed by atoms with Crippen molar-refractivity contribution in [3.63, 3.8) is 0 Å². The van der Waals surface area contributed by atoms with E-state index in [1.165, 1.54) is 17.0 Å². The highest BCUT2D eigenvalue weighted by Crippen LogP contribution is 2.61. The van der Waals surface area contributed by atoms with E-state index >= 15 is 0 Å². The average molecular weight is 474 g/mol. The Morgan fingerprint density at radius 3 is 2.20 bits per heavy atom. The Balaban J connectivity index is 1.73. The van der Waals surface area contributed by atoms with Crippen LogP contribution in [0, 0.1) is 12.3 Å². The third kappa shape index (κ3) is 3.76. The Kier molecular flexibility index (Phi) is 5.23. The van der Waals surface area contributed by atoms with Crippen LogP contribution in [0.25, 0.3) is 0 Å². The molecule has 0 bridgehead atoms. The van der Waals surface area contributed by atoms with Gasteiger partial charge in [0.2, 0.25) is 0 Å². The molecule has 2 aromatic rings. The van der Waals surface area contributed by atoms with E-state index in [9.17, 15) is 17.2 Å². The molecule has 1 saturated carbocycles. The number of amidine groups is 1. The molecule has 1 spiro atoms. The number of nitrogens with one attached hydrogen (secondary N) is 1. The number of likely N-dealkylation sites (tertiary alicyclic amines) is 1. The van der Waals surface area contributed by atoms with Crippen LogP contribution in [0.4, 0.5) is 8.78 Å². The van der Waals surface area contributed by atoms with Gasteiger partial charge in [-0.15, -0.1) is 5.10 Å². The monoisotopic (exact) mass is 473 g/mol. The first-order valence-corrected chi connectivity index (χ1v) is 11.5. The molecule has 2 aromatic carbocycles. The molecule has 0 atom stereocenters. The van der Waals surface area contributed by atoms with E-state index in [2.05, 4.69) is 9.93 Å². The van der Waals surface area contributed by atoms with Crippen molar-refractivity contribution < 1.29 is 17.2 Å². The van der Waals surface area contributed by atoms with Crippen molar-refractivity contribution in [2.45, 2.75) is 30.6 Å². The Morgan fingerprint density at radius 2 is 1.67 bits per heavy atom. The number of rotatable bonds is 4. The largest absolute Gasteiger partial charge is 0.348 e. The number of hydrogen-bond donors (Lipinski definition) is 1. The molecule has 2 aliphatic rings. The lowest BCUT2D eigenvalue weighted by Crippen LogP contribution is -2.35. The molecule has 0 aromatic heterocycles. The van der Waals surface area contributed by atoms with E-state index in [0.717, 1.165) is 5.56 Å². The van der Waals surface area contributed by atoms with E-state index in [0.29, 0.717) is 12.8 Å². The summed E-state index contributed by atoms with van der Waals surface area (Å²) >= 11 is 12.6. The number of sulfonamides is 1. The van der Waals surface area contributed by atoms with Crippen molar-refractivity contribution in [1.29, 1.82) is 0 Å². The van der Waals surface area contributed by atoms with Crippen molar-refractivity contribution in [1.82, 2.24) is 9.73 Å². The van der Waals surface area contributed by atoms with Gasteiger partial charge in [0, 0.05) is 6.54 Å². The first-order chi connectivity index (χ1) is 14.0. The first-order valence-electron chi connectivity index (χ1n) is 9.28. The molecule has 5 nitrogen and oxygen atoms in total. The second-order valence-electron chi connectivity index (χ2n) is 7.78. The van der Waals surface area contributed by atoms with Crippen LogP contribution in [0.15, 0.2) is 52.5 Å². The fourth-order valence-electron chi connectivity index (χ4n) is 3.64. The molecule has 10 heteroatoms. The number of nitrogens with zero attached hydrogens (tertiary/aromatic N) is 2. The smallest absolute Gasteiger partial charge is 0.276 e. The second-order valence-corrected chi connectivity index (χ2v) is 10.3. The normalized spacial score (nSPS) is 19.9. The summed E-state index contributed by atoms with van der Waals surface area (Å²) in [6.45, 7) is 1.30. The second kappa shape index (κ2) is 7.35. The van der Waals surface area contributed by atoms with Crippen LogP contribution >= 0.6 is 23.2 Å². The minimum atomic E-state index is -4.02. The molecule has 1 saturated heterocycles. The van der Waals surface area contributed by atoms with Crippen LogP contribution in [0.3, 0.4) is 0 Å². The summed E-state index contributed by atoms with van der Waals surface area (Å²) in [6, 6.07) is 10.9. The van der Waals surface area contributed by atoms with E-state index in [-0.39, 0.29) is 32.9 Å². The highest BCUT2D eigenvalue weighted by Gasteiger charge is 2.67. The number of hydrogen-bond acceptors (Lipinski definition) is 3. The van der Waals surface area contributed by atoms with Crippen molar-refractivity contribution in [3.8, 4) is 0 Å². The standard InChI is InChI=1S/C20H19Cl2F2N3O2S/c1-13-5-7-14(8-6-13)30(28,29)26-25-18(17-15(21)3-2-4-16(17)22)27-11-19(9-10-19)20(23,24)12-27/h2-8,26H,9-12H2,1H3/b25-18+. The number of aryl methyl sites for hydroxylation is 1. The predicted octanol–water partition coefficient (Wildman–Crippen LogP) is 4.67. The van der Waals surface area contributed by atoms with Gasteiger partial charge in [0.05, 0.1) is 32.5 Å². The first kappa shape index (κ1) is 21.3. The van der Waals surface area contributed by atoms with Crippen molar-refractivity contribution in [3.05, 3.63) is 63.6 Å². The maximum Gasteiger partial charge on any atom is 0.276 e. The third-order valence-electron chi connectivity index (χ3n) is 5.60. The lowest BCUT2D eigenvalue weighted by atomic mass is 10.0. The summed E-state index contributed by atoms with van der Waals surface area (Å²) in [7, 11) is -4.02. The molecule has 1 aliphatic heterocycles. The molecule has 0 radical (unpaired) electrons. The fraction of sp³-hybridized carbons (Fsp3) is 0.350. The number of hydrazone groups is 1. The summed E-state index contributed by atoms with van der Waals surface area (Å²) in [5.74, 6) is -2.93. The Labute approximate surface area is 183 Å². The molecule has 2 fully saturated rings. The van der Waals surface area contributed by atoms with Gasteiger partial charge in [-0.2, -0.15) is 13.2 Å². The predicted molar refractivity (Wildman–Crippen MR) is 113 cm³/mol. The number of halogens is 4. The maximum atomic E-state index is 14.6. The van der Waals surface area contributed by atoms with Crippen LogP contribution in [0.1, 0.15) is 24.0 Å². The molecule has 30 heavy (non-hydrogen) atoms. The Bertz CT molecular complexity index is 1090. The van der Waals surface area contributed by atoms with E-state index < -0.39 is 27.9 Å². The van der Waals surface area contributed by atoms with Gasteiger partial charge < -0.3 is 4.90 Å².